The summed E-state index contributed by atoms with van der Waals surface area (Å²) in [7, 11) is 0. The highest BCUT2D eigenvalue weighted by Gasteiger charge is 2.11. The molecular formula is C19H12ClFN4O2S. The molecule has 0 fully saturated rings. The highest BCUT2D eigenvalue weighted by molar-refractivity contribution is 7.98. The fourth-order valence-corrected chi connectivity index (χ4v) is 3.36. The van der Waals surface area contributed by atoms with Gasteiger partial charge in [-0.1, -0.05) is 40.7 Å². The molecule has 9 heteroatoms. The number of halogens is 2. The van der Waals surface area contributed by atoms with E-state index in [0.717, 1.165) is 5.56 Å². The van der Waals surface area contributed by atoms with Crippen molar-refractivity contribution in [2.45, 2.75) is 10.9 Å². The minimum atomic E-state index is -0.336. The van der Waals surface area contributed by atoms with E-state index in [1.54, 1.807) is 30.3 Å². The van der Waals surface area contributed by atoms with Gasteiger partial charge >= 0.3 is 0 Å². The van der Waals surface area contributed by atoms with Crippen LogP contribution < -0.4 is 5.56 Å². The minimum Gasteiger partial charge on any atom is -0.338 e. The van der Waals surface area contributed by atoms with Crippen molar-refractivity contribution in [3.8, 4) is 22.6 Å². The summed E-state index contributed by atoms with van der Waals surface area (Å²) in [5.74, 6) is 0.707. The summed E-state index contributed by atoms with van der Waals surface area (Å²) in [5.41, 5.74) is 1.64. The van der Waals surface area contributed by atoms with Gasteiger partial charge in [-0.3, -0.25) is 4.79 Å². The third-order valence-electron chi connectivity index (χ3n) is 3.74. The van der Waals surface area contributed by atoms with Gasteiger partial charge in [0, 0.05) is 22.2 Å². The van der Waals surface area contributed by atoms with Crippen LogP contribution in [0.3, 0.4) is 0 Å². The van der Waals surface area contributed by atoms with Crippen LogP contribution in [0, 0.1) is 5.82 Å². The predicted octanol–water partition coefficient (Wildman–Crippen LogP) is 4.57. The first kappa shape index (κ1) is 18.4. The SMILES string of the molecule is O=c1cc(-c2cccc(Cl)c2)nc(SCc2nc(-c3ccc(F)cc3)no2)[nH]1. The third kappa shape index (κ3) is 4.29. The van der Waals surface area contributed by atoms with Gasteiger partial charge < -0.3 is 9.51 Å². The van der Waals surface area contributed by atoms with E-state index in [4.69, 9.17) is 16.1 Å². The molecule has 4 rings (SSSR count). The summed E-state index contributed by atoms with van der Waals surface area (Å²) < 4.78 is 18.2. The molecule has 0 amide bonds. The second-order valence-corrected chi connectivity index (χ2v) is 7.15. The lowest BCUT2D eigenvalue weighted by Gasteiger charge is -2.03. The predicted molar refractivity (Wildman–Crippen MR) is 105 cm³/mol. The second-order valence-electron chi connectivity index (χ2n) is 5.75. The third-order valence-corrected chi connectivity index (χ3v) is 4.84. The zero-order valence-corrected chi connectivity index (χ0v) is 15.8. The maximum atomic E-state index is 13.0. The maximum absolute atomic E-state index is 13.0. The van der Waals surface area contributed by atoms with E-state index in [1.807, 2.05) is 6.07 Å². The number of aromatic nitrogens is 4. The highest BCUT2D eigenvalue weighted by Crippen LogP contribution is 2.24. The Morgan fingerprint density at radius 1 is 1.07 bits per heavy atom. The first-order valence-corrected chi connectivity index (χ1v) is 9.52. The van der Waals surface area contributed by atoms with Gasteiger partial charge in [-0.15, -0.1) is 0 Å². The lowest BCUT2D eigenvalue weighted by atomic mass is 10.1. The molecule has 0 saturated heterocycles. The van der Waals surface area contributed by atoms with E-state index in [-0.39, 0.29) is 11.4 Å². The quantitative estimate of drug-likeness (QED) is 0.380. The number of nitrogens with one attached hydrogen (secondary N) is 1. The van der Waals surface area contributed by atoms with E-state index in [0.29, 0.717) is 38.9 Å². The number of hydrogen-bond donors (Lipinski definition) is 1. The molecule has 0 spiro atoms. The molecule has 140 valence electrons. The van der Waals surface area contributed by atoms with Crippen molar-refractivity contribution in [2.24, 2.45) is 0 Å². The molecular weight excluding hydrogens is 403 g/mol. The second kappa shape index (κ2) is 7.95. The van der Waals surface area contributed by atoms with Gasteiger partial charge in [0.25, 0.3) is 5.56 Å². The molecule has 2 aromatic heterocycles. The molecule has 0 aliphatic heterocycles. The fourth-order valence-electron chi connectivity index (χ4n) is 2.46. The van der Waals surface area contributed by atoms with Crippen molar-refractivity contribution in [3.05, 3.63) is 81.7 Å². The topological polar surface area (TPSA) is 84.7 Å². The smallest absolute Gasteiger partial charge is 0.252 e. The standard InChI is InChI=1S/C19H12ClFN4O2S/c20-13-3-1-2-12(8-13)15-9-16(26)23-19(22-15)28-10-17-24-18(25-27-17)11-4-6-14(21)7-5-11/h1-9H,10H2,(H,22,23,26). The Morgan fingerprint density at radius 2 is 1.89 bits per heavy atom. The molecule has 6 nitrogen and oxygen atoms in total. The van der Waals surface area contributed by atoms with Gasteiger partial charge in [0.1, 0.15) is 5.82 Å². The summed E-state index contributed by atoms with van der Waals surface area (Å²) in [6.07, 6.45) is 0. The summed E-state index contributed by atoms with van der Waals surface area (Å²) in [6.45, 7) is 0. The summed E-state index contributed by atoms with van der Waals surface area (Å²) in [4.78, 5) is 23.4. The summed E-state index contributed by atoms with van der Waals surface area (Å²) >= 11 is 7.27. The van der Waals surface area contributed by atoms with Crippen LogP contribution in [0.2, 0.25) is 5.02 Å². The van der Waals surface area contributed by atoms with E-state index < -0.39 is 0 Å². The molecule has 0 radical (unpaired) electrons. The zero-order valence-electron chi connectivity index (χ0n) is 14.2. The van der Waals surface area contributed by atoms with Crippen LogP contribution in [0.5, 0.6) is 0 Å². The molecule has 0 saturated carbocycles. The monoisotopic (exact) mass is 414 g/mol. The van der Waals surface area contributed by atoms with Gasteiger partial charge in [-0.05, 0) is 36.4 Å². The van der Waals surface area contributed by atoms with Crippen LogP contribution in [-0.2, 0) is 5.75 Å². The molecule has 2 aromatic carbocycles. The number of rotatable bonds is 5. The molecule has 2 heterocycles. The Labute approximate surface area is 167 Å². The number of H-pyrrole nitrogens is 1. The van der Waals surface area contributed by atoms with Crippen LogP contribution in [0.25, 0.3) is 22.6 Å². The summed E-state index contributed by atoms with van der Waals surface area (Å²) in [6, 6.07) is 14.3. The van der Waals surface area contributed by atoms with E-state index >= 15 is 0 Å². The first-order valence-electron chi connectivity index (χ1n) is 8.15. The Bertz CT molecular complexity index is 1180. The van der Waals surface area contributed by atoms with Gasteiger partial charge in [-0.2, -0.15) is 4.98 Å². The molecule has 0 bridgehead atoms. The van der Waals surface area contributed by atoms with Crippen molar-refractivity contribution in [1.82, 2.24) is 20.1 Å². The van der Waals surface area contributed by atoms with E-state index in [1.165, 1.54) is 30.0 Å². The van der Waals surface area contributed by atoms with Gasteiger partial charge in [-0.25, -0.2) is 9.37 Å². The van der Waals surface area contributed by atoms with Crippen LogP contribution in [0.15, 0.2) is 69.1 Å². The van der Waals surface area contributed by atoms with Crippen LogP contribution in [0.1, 0.15) is 5.89 Å². The Balaban J connectivity index is 1.51. The van der Waals surface area contributed by atoms with Crippen LogP contribution in [-0.4, -0.2) is 20.1 Å². The average molecular weight is 415 g/mol. The van der Waals surface area contributed by atoms with Crippen molar-refractivity contribution in [2.75, 3.05) is 0 Å². The zero-order chi connectivity index (χ0) is 19.5. The van der Waals surface area contributed by atoms with E-state index in [2.05, 4.69) is 20.1 Å². The van der Waals surface area contributed by atoms with Gasteiger partial charge in [0.15, 0.2) is 5.16 Å². The van der Waals surface area contributed by atoms with E-state index in [9.17, 15) is 9.18 Å². The summed E-state index contributed by atoms with van der Waals surface area (Å²) in [5, 5.41) is 4.88. The van der Waals surface area contributed by atoms with Gasteiger partial charge in [0.2, 0.25) is 11.7 Å². The molecule has 0 atom stereocenters. The number of nitrogens with zero attached hydrogens (tertiary/aromatic N) is 3. The van der Waals surface area contributed by atoms with Crippen molar-refractivity contribution in [1.29, 1.82) is 0 Å². The molecule has 0 aliphatic carbocycles. The number of thioether (sulfide) groups is 1. The lowest BCUT2D eigenvalue weighted by Crippen LogP contribution is -2.08. The molecule has 0 unspecified atom stereocenters. The molecule has 28 heavy (non-hydrogen) atoms. The maximum Gasteiger partial charge on any atom is 0.252 e. The molecule has 4 aromatic rings. The molecule has 1 N–H and O–H groups in total. The first-order chi connectivity index (χ1) is 13.6. The van der Waals surface area contributed by atoms with Crippen molar-refractivity contribution in [3.63, 3.8) is 0 Å². The minimum absolute atomic E-state index is 0.273. The Morgan fingerprint density at radius 3 is 2.68 bits per heavy atom. The average Bonchev–Trinajstić information content (AvgIpc) is 3.16. The lowest BCUT2D eigenvalue weighted by molar-refractivity contribution is 0.391. The molecule has 0 aliphatic rings. The number of aromatic amines is 1. The Hall–Kier alpha value is -2.97. The van der Waals surface area contributed by atoms with Gasteiger partial charge in [0.05, 0.1) is 11.4 Å². The number of hydrogen-bond acceptors (Lipinski definition) is 6. The largest absolute Gasteiger partial charge is 0.338 e. The van der Waals surface area contributed by atoms with Crippen LogP contribution in [0.4, 0.5) is 4.39 Å². The normalized spacial score (nSPS) is 10.9. The highest BCUT2D eigenvalue weighted by atomic mass is 35.5. The fraction of sp³-hybridized carbons (Fsp3) is 0.0526. The van der Waals surface area contributed by atoms with Crippen molar-refractivity contribution >= 4 is 23.4 Å². The van der Waals surface area contributed by atoms with Crippen molar-refractivity contribution < 1.29 is 8.91 Å². The number of benzene rings is 2. The Kier molecular flexibility index (Phi) is 5.23. The van der Waals surface area contributed by atoms with Crippen LogP contribution >= 0.6 is 23.4 Å².